The highest BCUT2D eigenvalue weighted by molar-refractivity contribution is 5.76. The van der Waals surface area contributed by atoms with Crippen LogP contribution in [0.1, 0.15) is 335 Å². The number of allylic oxidation sites excluding steroid dienone is 15. The van der Waals surface area contributed by atoms with Crippen molar-refractivity contribution in [3.05, 3.63) is 97.2 Å². The van der Waals surface area contributed by atoms with E-state index in [0.717, 1.165) is 70.6 Å². The van der Waals surface area contributed by atoms with E-state index in [4.69, 9.17) is 0 Å². The maximum Gasteiger partial charge on any atom is 0.220 e. The molecular formula is C72H129NO3. The van der Waals surface area contributed by atoms with Crippen molar-refractivity contribution in [1.82, 2.24) is 5.32 Å². The lowest BCUT2D eigenvalue weighted by molar-refractivity contribution is -0.123. The van der Waals surface area contributed by atoms with Crippen LogP contribution in [0.3, 0.4) is 0 Å². The number of amides is 1. The molecule has 0 aromatic rings. The zero-order valence-corrected chi connectivity index (χ0v) is 50.8. The molecule has 0 aromatic heterocycles. The molecule has 0 radical (unpaired) electrons. The minimum Gasteiger partial charge on any atom is -0.394 e. The minimum absolute atomic E-state index is 0.0765. The summed E-state index contributed by atoms with van der Waals surface area (Å²) in [5.41, 5.74) is 0. The van der Waals surface area contributed by atoms with Crippen molar-refractivity contribution in [1.29, 1.82) is 0 Å². The fourth-order valence-electron chi connectivity index (χ4n) is 10.0. The average Bonchev–Trinajstić information content (AvgIpc) is 3.42. The summed E-state index contributed by atoms with van der Waals surface area (Å²) >= 11 is 0. The van der Waals surface area contributed by atoms with Crippen LogP contribution in [-0.2, 0) is 4.79 Å². The van der Waals surface area contributed by atoms with Crippen molar-refractivity contribution in [2.45, 2.75) is 347 Å². The summed E-state index contributed by atoms with van der Waals surface area (Å²) < 4.78 is 0. The Morgan fingerprint density at radius 3 is 0.921 bits per heavy atom. The first kappa shape index (κ1) is 73.3. The summed E-state index contributed by atoms with van der Waals surface area (Å²) in [5, 5.41) is 23.2. The van der Waals surface area contributed by atoms with E-state index >= 15 is 0 Å². The van der Waals surface area contributed by atoms with Gasteiger partial charge in [0.15, 0.2) is 0 Å². The van der Waals surface area contributed by atoms with Crippen LogP contribution in [0.15, 0.2) is 97.2 Å². The second kappa shape index (κ2) is 66.6. The third-order valence-electron chi connectivity index (χ3n) is 15.0. The molecule has 0 aliphatic heterocycles. The van der Waals surface area contributed by atoms with E-state index in [-0.39, 0.29) is 12.5 Å². The van der Waals surface area contributed by atoms with Crippen molar-refractivity contribution >= 4 is 5.91 Å². The fraction of sp³-hybridized carbons (Fsp3) is 0.764. The molecule has 4 nitrogen and oxygen atoms in total. The number of hydrogen-bond donors (Lipinski definition) is 3. The molecule has 1 amide bonds. The van der Waals surface area contributed by atoms with Gasteiger partial charge < -0.3 is 15.5 Å². The fourth-order valence-corrected chi connectivity index (χ4v) is 10.0. The predicted octanol–water partition coefficient (Wildman–Crippen LogP) is 22.8. The lowest BCUT2D eigenvalue weighted by atomic mass is 10.0. The number of carbonyl (C=O) groups excluding carboxylic acids is 1. The Kier molecular flexibility index (Phi) is 64.2. The van der Waals surface area contributed by atoms with E-state index in [2.05, 4.69) is 104 Å². The molecule has 0 heterocycles. The Balaban J connectivity index is 3.52. The van der Waals surface area contributed by atoms with E-state index in [1.54, 1.807) is 6.08 Å². The summed E-state index contributed by atoms with van der Waals surface area (Å²) in [7, 11) is 0. The first-order valence-electron chi connectivity index (χ1n) is 33.5. The SMILES string of the molecule is CC/C=C\C/C=C\C/C=C\C/C=C\C/C=C\CCCCCCCCCCCCCCCCCCCC(=O)NC(CO)C(O)/C=C/CC/C=C/CC/C=C/CCCCCCCCCCCCCCCCCCCCCCC. The Bertz CT molecular complexity index is 1380. The van der Waals surface area contributed by atoms with Gasteiger partial charge in [-0.1, -0.05) is 336 Å². The van der Waals surface area contributed by atoms with Crippen molar-refractivity contribution < 1.29 is 15.0 Å². The highest BCUT2D eigenvalue weighted by Gasteiger charge is 2.18. The van der Waals surface area contributed by atoms with Gasteiger partial charge in [0.25, 0.3) is 0 Å². The van der Waals surface area contributed by atoms with E-state index in [0.29, 0.717) is 6.42 Å². The molecule has 0 spiro atoms. The molecule has 0 rings (SSSR count). The quantitative estimate of drug-likeness (QED) is 0.0420. The molecule has 0 saturated carbocycles. The Morgan fingerprint density at radius 2 is 0.592 bits per heavy atom. The van der Waals surface area contributed by atoms with Crippen molar-refractivity contribution in [3.63, 3.8) is 0 Å². The normalized spacial score (nSPS) is 13.4. The van der Waals surface area contributed by atoms with Gasteiger partial charge in [-0.15, -0.1) is 0 Å². The highest BCUT2D eigenvalue weighted by atomic mass is 16.3. The van der Waals surface area contributed by atoms with Crippen molar-refractivity contribution in [3.8, 4) is 0 Å². The molecule has 3 N–H and O–H groups in total. The summed E-state index contributed by atoms with van der Waals surface area (Å²) in [6, 6.07) is -0.652. The summed E-state index contributed by atoms with van der Waals surface area (Å²) in [6.07, 6.45) is 99.1. The van der Waals surface area contributed by atoms with Gasteiger partial charge in [0.05, 0.1) is 18.8 Å². The van der Waals surface area contributed by atoms with Crippen LogP contribution >= 0.6 is 0 Å². The lowest BCUT2D eigenvalue weighted by Crippen LogP contribution is -2.45. The second-order valence-corrected chi connectivity index (χ2v) is 22.5. The molecule has 0 aromatic carbocycles. The zero-order valence-electron chi connectivity index (χ0n) is 50.8. The van der Waals surface area contributed by atoms with Gasteiger partial charge in [-0.25, -0.2) is 0 Å². The maximum absolute atomic E-state index is 12.5. The molecule has 0 fully saturated rings. The molecule has 4 heteroatoms. The first-order valence-corrected chi connectivity index (χ1v) is 33.5. The van der Waals surface area contributed by atoms with Crippen LogP contribution in [0.4, 0.5) is 0 Å². The molecule has 2 atom stereocenters. The number of unbranched alkanes of at least 4 members (excludes halogenated alkanes) is 40. The van der Waals surface area contributed by atoms with Crippen LogP contribution in [0.5, 0.6) is 0 Å². The molecule has 0 saturated heterocycles. The number of aliphatic hydroxyl groups excluding tert-OH is 2. The number of hydrogen-bond acceptors (Lipinski definition) is 3. The predicted molar refractivity (Wildman–Crippen MR) is 340 cm³/mol. The number of rotatable bonds is 61. The molecular weight excluding hydrogens is 927 g/mol. The Hall–Kier alpha value is -2.69. The van der Waals surface area contributed by atoms with Gasteiger partial charge in [-0.2, -0.15) is 0 Å². The molecule has 76 heavy (non-hydrogen) atoms. The molecule has 440 valence electrons. The van der Waals surface area contributed by atoms with Gasteiger partial charge in [0.1, 0.15) is 0 Å². The Morgan fingerprint density at radius 1 is 0.329 bits per heavy atom. The van der Waals surface area contributed by atoms with Gasteiger partial charge in [-0.05, 0) is 89.9 Å². The van der Waals surface area contributed by atoms with Crippen LogP contribution in [0, 0.1) is 0 Å². The minimum atomic E-state index is -0.876. The number of aliphatic hydroxyl groups is 2. The van der Waals surface area contributed by atoms with Crippen molar-refractivity contribution in [2.75, 3.05) is 6.61 Å². The number of nitrogens with one attached hydrogen (secondary N) is 1. The van der Waals surface area contributed by atoms with Gasteiger partial charge in [-0.3, -0.25) is 4.79 Å². The smallest absolute Gasteiger partial charge is 0.220 e. The zero-order chi connectivity index (χ0) is 54.8. The molecule has 0 aliphatic carbocycles. The molecule has 0 bridgehead atoms. The third-order valence-corrected chi connectivity index (χ3v) is 15.0. The third kappa shape index (κ3) is 62.2. The topological polar surface area (TPSA) is 69.6 Å². The van der Waals surface area contributed by atoms with Gasteiger partial charge in [0, 0.05) is 6.42 Å². The standard InChI is InChI=1S/C72H129NO3/c1-3-5-7-9-11-13-15-17-19-21-23-25-27-29-31-33-35-36-38-40-42-44-46-48-50-52-54-56-58-60-62-64-66-68-72(76)73-70(69-74)71(75)67-65-63-61-59-57-55-53-51-49-47-45-43-41-39-37-34-32-30-28-26-24-22-20-18-16-14-12-10-8-6-4-2/h5,7,11,13,17,19,23,25,29,31,49,51,57,59,65,67,70-71,74-75H,3-4,6,8-10,12,14-16,18,20-22,24,26-28,30,32-48,50,52-56,58,60-64,66,68-69H2,1-2H3,(H,73,76)/b7-5-,13-11-,19-17-,25-23-,31-29-,51-49+,59-57+,67-65+. The average molecular weight is 1060 g/mol. The van der Waals surface area contributed by atoms with Crippen LogP contribution in [-0.4, -0.2) is 34.9 Å². The summed E-state index contributed by atoms with van der Waals surface area (Å²) in [6.45, 7) is 4.21. The number of carbonyl (C=O) groups is 1. The van der Waals surface area contributed by atoms with E-state index in [1.807, 2.05) is 6.08 Å². The Labute approximate surface area is 474 Å². The van der Waals surface area contributed by atoms with Gasteiger partial charge >= 0.3 is 0 Å². The van der Waals surface area contributed by atoms with Gasteiger partial charge in [0.2, 0.25) is 5.91 Å². The maximum atomic E-state index is 12.5. The second-order valence-electron chi connectivity index (χ2n) is 22.5. The van der Waals surface area contributed by atoms with Crippen molar-refractivity contribution in [2.24, 2.45) is 0 Å². The van der Waals surface area contributed by atoms with Crippen LogP contribution < -0.4 is 5.32 Å². The summed E-state index contributed by atoms with van der Waals surface area (Å²) in [5.74, 6) is -0.0765. The van der Waals surface area contributed by atoms with Crippen LogP contribution in [0.25, 0.3) is 0 Å². The largest absolute Gasteiger partial charge is 0.394 e. The van der Waals surface area contributed by atoms with E-state index in [1.165, 1.54) is 244 Å². The first-order chi connectivity index (χ1) is 37.7. The van der Waals surface area contributed by atoms with E-state index < -0.39 is 12.1 Å². The molecule has 0 aliphatic rings. The highest BCUT2D eigenvalue weighted by Crippen LogP contribution is 2.18. The monoisotopic (exact) mass is 1060 g/mol. The lowest BCUT2D eigenvalue weighted by Gasteiger charge is -2.19. The van der Waals surface area contributed by atoms with Crippen LogP contribution in [0.2, 0.25) is 0 Å². The van der Waals surface area contributed by atoms with E-state index in [9.17, 15) is 15.0 Å². The molecule has 2 unspecified atom stereocenters. The summed E-state index contributed by atoms with van der Waals surface area (Å²) in [4.78, 5) is 12.5.